The predicted octanol–water partition coefficient (Wildman–Crippen LogP) is 3.06. The van der Waals surface area contributed by atoms with Crippen LogP contribution in [0.4, 0.5) is 4.39 Å². The van der Waals surface area contributed by atoms with Gasteiger partial charge in [0.25, 0.3) is 5.91 Å². The summed E-state index contributed by atoms with van der Waals surface area (Å²) in [6, 6.07) is 13.6. The van der Waals surface area contributed by atoms with Crippen LogP contribution in [0.5, 0.6) is 0 Å². The summed E-state index contributed by atoms with van der Waals surface area (Å²) in [5, 5.41) is 5.59. The van der Waals surface area contributed by atoms with Crippen molar-refractivity contribution in [1.29, 1.82) is 0 Å². The molecule has 0 saturated heterocycles. The molecule has 150 valence electrons. The van der Waals surface area contributed by atoms with E-state index in [2.05, 4.69) is 15.5 Å². The van der Waals surface area contributed by atoms with Gasteiger partial charge in [-0.05, 0) is 43.3 Å². The lowest BCUT2D eigenvalue weighted by atomic mass is 10.0. The van der Waals surface area contributed by atoms with Crippen LogP contribution in [-0.2, 0) is 4.79 Å². The van der Waals surface area contributed by atoms with Crippen molar-refractivity contribution < 1.29 is 14.0 Å². The van der Waals surface area contributed by atoms with Crippen LogP contribution in [0.1, 0.15) is 41.4 Å². The fourth-order valence-electron chi connectivity index (χ4n) is 3.05. The van der Waals surface area contributed by atoms with Gasteiger partial charge in [-0.2, -0.15) is 0 Å². The lowest BCUT2D eigenvalue weighted by molar-refractivity contribution is -0.126. The van der Waals surface area contributed by atoms with Gasteiger partial charge in [0.05, 0.1) is 0 Å². The monoisotopic (exact) mass is 385 g/mol. The fraction of sp³-hybridized carbons (Fsp3) is 0.364. The standard InChI is InChI=1S/C22H28FN3O2/c1-4-26(5-2)20(17-9-7-6-8-10-17)22(28)25-14-13-24-21(27)18-12-11-16(3)19(23)15-18/h6-12,15,20H,4-5,13-14H2,1-3H3,(H,24,27)(H,25,28). The van der Waals surface area contributed by atoms with Gasteiger partial charge in [0.2, 0.25) is 5.91 Å². The van der Waals surface area contributed by atoms with E-state index in [-0.39, 0.29) is 30.0 Å². The highest BCUT2D eigenvalue weighted by atomic mass is 19.1. The molecule has 0 heterocycles. The smallest absolute Gasteiger partial charge is 0.251 e. The predicted molar refractivity (Wildman–Crippen MR) is 109 cm³/mol. The Hall–Kier alpha value is -2.73. The first-order valence-corrected chi connectivity index (χ1v) is 9.59. The Kier molecular flexibility index (Phi) is 8.14. The van der Waals surface area contributed by atoms with Crippen LogP contribution < -0.4 is 10.6 Å². The molecule has 0 bridgehead atoms. The van der Waals surface area contributed by atoms with Crippen molar-refractivity contribution in [2.24, 2.45) is 0 Å². The van der Waals surface area contributed by atoms with Crippen molar-refractivity contribution >= 4 is 11.8 Å². The number of amides is 2. The fourth-order valence-corrected chi connectivity index (χ4v) is 3.05. The zero-order chi connectivity index (χ0) is 20.5. The number of hydrogen-bond acceptors (Lipinski definition) is 3. The number of benzene rings is 2. The van der Waals surface area contributed by atoms with E-state index in [1.54, 1.807) is 19.1 Å². The van der Waals surface area contributed by atoms with Gasteiger partial charge >= 0.3 is 0 Å². The molecule has 0 aliphatic heterocycles. The number of carbonyl (C=O) groups excluding carboxylic acids is 2. The molecule has 0 fully saturated rings. The van der Waals surface area contributed by atoms with Gasteiger partial charge in [0.15, 0.2) is 0 Å². The summed E-state index contributed by atoms with van der Waals surface area (Å²) in [7, 11) is 0. The Balaban J connectivity index is 1.91. The molecule has 0 radical (unpaired) electrons. The van der Waals surface area contributed by atoms with Gasteiger partial charge in [0.1, 0.15) is 11.9 Å². The zero-order valence-electron chi connectivity index (χ0n) is 16.7. The molecule has 6 heteroatoms. The molecular weight excluding hydrogens is 357 g/mol. The van der Waals surface area contributed by atoms with Gasteiger partial charge in [0, 0.05) is 18.7 Å². The second-order valence-corrected chi connectivity index (χ2v) is 6.55. The highest BCUT2D eigenvalue weighted by Gasteiger charge is 2.25. The summed E-state index contributed by atoms with van der Waals surface area (Å²) >= 11 is 0. The van der Waals surface area contributed by atoms with Crippen LogP contribution in [0.25, 0.3) is 0 Å². The van der Waals surface area contributed by atoms with Gasteiger partial charge < -0.3 is 10.6 Å². The molecule has 1 atom stereocenters. The number of aryl methyl sites for hydroxylation is 1. The average molecular weight is 385 g/mol. The molecule has 0 aromatic heterocycles. The summed E-state index contributed by atoms with van der Waals surface area (Å²) in [6.07, 6.45) is 0. The first kappa shape index (κ1) is 21.6. The van der Waals surface area contributed by atoms with Crippen LogP contribution in [0.3, 0.4) is 0 Å². The van der Waals surface area contributed by atoms with Crippen molar-refractivity contribution in [1.82, 2.24) is 15.5 Å². The van der Waals surface area contributed by atoms with Gasteiger partial charge in [-0.25, -0.2) is 4.39 Å². The first-order valence-electron chi connectivity index (χ1n) is 9.59. The molecule has 5 nitrogen and oxygen atoms in total. The normalized spacial score (nSPS) is 11.9. The first-order chi connectivity index (χ1) is 13.5. The minimum absolute atomic E-state index is 0.106. The highest BCUT2D eigenvalue weighted by Crippen LogP contribution is 2.20. The molecule has 0 saturated carbocycles. The van der Waals surface area contributed by atoms with E-state index < -0.39 is 5.82 Å². The van der Waals surface area contributed by atoms with E-state index in [0.717, 1.165) is 18.7 Å². The Morgan fingerprint density at radius 1 is 1.00 bits per heavy atom. The van der Waals surface area contributed by atoms with Crippen molar-refractivity contribution in [2.75, 3.05) is 26.2 Å². The van der Waals surface area contributed by atoms with E-state index in [1.807, 2.05) is 44.2 Å². The summed E-state index contributed by atoms with van der Waals surface area (Å²) in [4.78, 5) is 27.0. The third-order valence-electron chi connectivity index (χ3n) is 4.68. The molecule has 28 heavy (non-hydrogen) atoms. The van der Waals surface area contributed by atoms with Gasteiger partial charge in [-0.15, -0.1) is 0 Å². The minimum Gasteiger partial charge on any atom is -0.353 e. The van der Waals surface area contributed by atoms with Crippen LogP contribution in [0, 0.1) is 12.7 Å². The van der Waals surface area contributed by atoms with Crippen LogP contribution >= 0.6 is 0 Å². The van der Waals surface area contributed by atoms with E-state index in [9.17, 15) is 14.0 Å². The number of hydrogen-bond donors (Lipinski definition) is 2. The summed E-state index contributed by atoms with van der Waals surface area (Å²) in [5.41, 5.74) is 1.69. The van der Waals surface area contributed by atoms with Crippen molar-refractivity contribution in [2.45, 2.75) is 26.8 Å². The van der Waals surface area contributed by atoms with Crippen LogP contribution in [0.2, 0.25) is 0 Å². The molecule has 2 N–H and O–H groups in total. The number of rotatable bonds is 9. The quantitative estimate of drug-likeness (QED) is 0.652. The molecule has 0 spiro atoms. The minimum atomic E-state index is -0.411. The largest absolute Gasteiger partial charge is 0.353 e. The second kappa shape index (κ2) is 10.6. The van der Waals surface area contributed by atoms with Gasteiger partial charge in [-0.1, -0.05) is 50.2 Å². The molecule has 0 aliphatic carbocycles. The Morgan fingerprint density at radius 2 is 1.64 bits per heavy atom. The lowest BCUT2D eigenvalue weighted by Crippen LogP contribution is -2.43. The van der Waals surface area contributed by atoms with Crippen LogP contribution in [-0.4, -0.2) is 42.9 Å². The van der Waals surface area contributed by atoms with E-state index >= 15 is 0 Å². The average Bonchev–Trinajstić information content (AvgIpc) is 2.71. The van der Waals surface area contributed by atoms with Gasteiger partial charge in [-0.3, -0.25) is 14.5 Å². The van der Waals surface area contributed by atoms with E-state index in [0.29, 0.717) is 12.1 Å². The third-order valence-corrected chi connectivity index (χ3v) is 4.68. The zero-order valence-corrected chi connectivity index (χ0v) is 16.7. The maximum Gasteiger partial charge on any atom is 0.251 e. The van der Waals surface area contributed by atoms with Crippen molar-refractivity contribution in [3.05, 3.63) is 71.0 Å². The molecule has 2 amide bonds. The molecule has 1 unspecified atom stereocenters. The SMILES string of the molecule is CCN(CC)C(C(=O)NCCNC(=O)c1ccc(C)c(F)c1)c1ccccc1. The maximum absolute atomic E-state index is 13.6. The molecule has 2 rings (SSSR count). The van der Waals surface area contributed by atoms with Crippen LogP contribution in [0.15, 0.2) is 48.5 Å². The number of halogens is 1. The Bertz CT molecular complexity index is 792. The molecule has 0 aliphatic rings. The number of nitrogens with one attached hydrogen (secondary N) is 2. The van der Waals surface area contributed by atoms with E-state index in [4.69, 9.17) is 0 Å². The van der Waals surface area contributed by atoms with Crippen molar-refractivity contribution in [3.63, 3.8) is 0 Å². The number of carbonyl (C=O) groups is 2. The second-order valence-electron chi connectivity index (χ2n) is 6.55. The lowest BCUT2D eigenvalue weighted by Gasteiger charge is -2.29. The Labute approximate surface area is 165 Å². The Morgan fingerprint density at radius 3 is 2.25 bits per heavy atom. The third kappa shape index (κ3) is 5.63. The summed E-state index contributed by atoms with van der Waals surface area (Å²) < 4.78 is 13.6. The topological polar surface area (TPSA) is 61.4 Å². The molecular formula is C22H28FN3O2. The highest BCUT2D eigenvalue weighted by molar-refractivity contribution is 5.94. The van der Waals surface area contributed by atoms with E-state index in [1.165, 1.54) is 6.07 Å². The number of likely N-dealkylation sites (N-methyl/N-ethyl adjacent to an activating group) is 1. The number of nitrogens with zero attached hydrogens (tertiary/aromatic N) is 1. The summed E-state index contributed by atoms with van der Waals surface area (Å²) in [6.45, 7) is 7.74. The molecule has 2 aromatic carbocycles. The molecule has 2 aromatic rings. The van der Waals surface area contributed by atoms with Crippen molar-refractivity contribution in [3.8, 4) is 0 Å². The maximum atomic E-state index is 13.6. The summed E-state index contributed by atoms with van der Waals surface area (Å²) in [5.74, 6) is -0.882.